The van der Waals surface area contributed by atoms with Gasteiger partial charge in [0.25, 0.3) is 5.91 Å². The maximum atomic E-state index is 12.6. The van der Waals surface area contributed by atoms with Gasteiger partial charge in [0.2, 0.25) is 0 Å². The number of nitrogens with one attached hydrogen (secondary N) is 1. The fourth-order valence-electron chi connectivity index (χ4n) is 3.02. The molecule has 1 N–H and O–H groups in total. The summed E-state index contributed by atoms with van der Waals surface area (Å²) in [6.07, 6.45) is -0.631. The minimum Gasteiger partial charge on any atom is -0.496 e. The van der Waals surface area contributed by atoms with E-state index in [4.69, 9.17) is 21.1 Å². The number of benzene rings is 2. The standard InChI is InChI=1S/C22H28ClNO3/c1-13(2)19-12-20(14(3)10-21(19)26-6)15(4)24-22(25)16(5)27-18-9-7-8-17(23)11-18/h7-13,15-16H,1-6H3,(H,24,25)/t15-,16+/m0/s1. The smallest absolute Gasteiger partial charge is 0.261 e. The van der Waals surface area contributed by atoms with Crippen LogP contribution in [0, 0.1) is 6.92 Å². The molecule has 0 radical (unpaired) electrons. The van der Waals surface area contributed by atoms with Crippen LogP contribution in [0.15, 0.2) is 36.4 Å². The zero-order chi connectivity index (χ0) is 20.1. The van der Waals surface area contributed by atoms with Gasteiger partial charge in [-0.05, 0) is 73.7 Å². The van der Waals surface area contributed by atoms with Crippen LogP contribution < -0.4 is 14.8 Å². The maximum Gasteiger partial charge on any atom is 0.261 e. The summed E-state index contributed by atoms with van der Waals surface area (Å²) in [6, 6.07) is 11.0. The number of hydrogen-bond acceptors (Lipinski definition) is 3. The highest BCUT2D eigenvalue weighted by Crippen LogP contribution is 2.32. The first kappa shape index (κ1) is 21.1. The molecule has 0 aliphatic heterocycles. The molecule has 0 spiro atoms. The van der Waals surface area contributed by atoms with E-state index in [1.165, 1.54) is 0 Å². The minimum atomic E-state index is -0.631. The van der Waals surface area contributed by atoms with Crippen LogP contribution in [-0.4, -0.2) is 19.1 Å². The number of amides is 1. The van der Waals surface area contributed by atoms with Crippen molar-refractivity contribution in [1.82, 2.24) is 5.32 Å². The van der Waals surface area contributed by atoms with Gasteiger partial charge in [-0.2, -0.15) is 0 Å². The molecule has 0 fully saturated rings. The summed E-state index contributed by atoms with van der Waals surface area (Å²) in [5.41, 5.74) is 3.28. The van der Waals surface area contributed by atoms with Gasteiger partial charge in [-0.15, -0.1) is 0 Å². The number of rotatable bonds is 7. The Hall–Kier alpha value is -2.20. The van der Waals surface area contributed by atoms with Crippen molar-refractivity contribution in [3.05, 3.63) is 58.1 Å². The lowest BCUT2D eigenvalue weighted by molar-refractivity contribution is -0.127. The molecule has 0 bridgehead atoms. The van der Waals surface area contributed by atoms with Crippen molar-refractivity contribution in [3.8, 4) is 11.5 Å². The molecule has 2 aromatic carbocycles. The van der Waals surface area contributed by atoms with E-state index >= 15 is 0 Å². The van der Waals surface area contributed by atoms with Crippen LogP contribution in [0.2, 0.25) is 5.02 Å². The second-order valence-corrected chi connectivity index (χ2v) is 7.49. The Morgan fingerprint density at radius 3 is 2.37 bits per heavy atom. The van der Waals surface area contributed by atoms with E-state index in [0.717, 1.165) is 22.4 Å². The summed E-state index contributed by atoms with van der Waals surface area (Å²) in [5, 5.41) is 3.61. The minimum absolute atomic E-state index is 0.147. The van der Waals surface area contributed by atoms with Crippen LogP contribution in [0.5, 0.6) is 11.5 Å². The van der Waals surface area contributed by atoms with E-state index in [-0.39, 0.29) is 11.9 Å². The highest BCUT2D eigenvalue weighted by Gasteiger charge is 2.20. The van der Waals surface area contributed by atoms with E-state index < -0.39 is 6.10 Å². The third-order valence-electron chi connectivity index (χ3n) is 4.54. The van der Waals surface area contributed by atoms with E-state index in [1.807, 2.05) is 19.9 Å². The number of carbonyl (C=O) groups is 1. The predicted octanol–water partition coefficient (Wildman–Crippen LogP) is 5.43. The van der Waals surface area contributed by atoms with Crippen LogP contribution in [0.1, 0.15) is 56.3 Å². The Morgan fingerprint density at radius 1 is 1.07 bits per heavy atom. The Kier molecular flexibility index (Phi) is 7.14. The van der Waals surface area contributed by atoms with Gasteiger partial charge < -0.3 is 14.8 Å². The summed E-state index contributed by atoms with van der Waals surface area (Å²) in [7, 11) is 1.68. The lowest BCUT2D eigenvalue weighted by Gasteiger charge is -2.22. The van der Waals surface area contributed by atoms with E-state index in [2.05, 4.69) is 25.2 Å². The van der Waals surface area contributed by atoms with Crippen molar-refractivity contribution in [2.45, 2.75) is 52.7 Å². The number of hydrogen-bond donors (Lipinski definition) is 1. The molecule has 0 saturated heterocycles. The lowest BCUT2D eigenvalue weighted by Crippen LogP contribution is -2.38. The third kappa shape index (κ3) is 5.39. The summed E-state index contributed by atoms with van der Waals surface area (Å²) in [4.78, 5) is 12.6. The molecular formula is C22H28ClNO3. The summed E-state index contributed by atoms with van der Waals surface area (Å²) in [5.74, 6) is 1.60. The fourth-order valence-corrected chi connectivity index (χ4v) is 3.20. The number of methoxy groups -OCH3 is 1. The van der Waals surface area contributed by atoms with E-state index in [1.54, 1.807) is 38.3 Å². The van der Waals surface area contributed by atoms with E-state index in [9.17, 15) is 4.79 Å². The molecule has 1 amide bonds. The van der Waals surface area contributed by atoms with Crippen LogP contribution in [0.4, 0.5) is 0 Å². The third-order valence-corrected chi connectivity index (χ3v) is 4.78. The van der Waals surface area contributed by atoms with Crippen molar-refractivity contribution in [2.75, 3.05) is 7.11 Å². The molecule has 146 valence electrons. The topological polar surface area (TPSA) is 47.6 Å². The average molecular weight is 390 g/mol. The SMILES string of the molecule is COc1cc(C)c([C@H](C)NC(=O)[C@@H](C)Oc2cccc(Cl)c2)cc1C(C)C. The molecule has 0 aromatic heterocycles. The second-order valence-electron chi connectivity index (χ2n) is 7.05. The number of halogens is 1. The average Bonchev–Trinajstić information content (AvgIpc) is 2.60. The van der Waals surface area contributed by atoms with Crippen molar-refractivity contribution < 1.29 is 14.3 Å². The monoisotopic (exact) mass is 389 g/mol. The predicted molar refractivity (Wildman–Crippen MR) is 110 cm³/mol. The molecular weight excluding hydrogens is 362 g/mol. The van der Waals surface area contributed by atoms with Crippen LogP contribution in [0.25, 0.3) is 0 Å². The summed E-state index contributed by atoms with van der Waals surface area (Å²) in [6.45, 7) is 9.98. The molecule has 4 nitrogen and oxygen atoms in total. The molecule has 0 saturated carbocycles. The van der Waals surface area contributed by atoms with Gasteiger partial charge in [-0.25, -0.2) is 0 Å². The Balaban J connectivity index is 2.12. The Labute approximate surface area is 166 Å². The van der Waals surface area contributed by atoms with Crippen LogP contribution in [-0.2, 0) is 4.79 Å². The number of carbonyl (C=O) groups excluding carboxylic acids is 1. The van der Waals surface area contributed by atoms with Gasteiger partial charge >= 0.3 is 0 Å². The van der Waals surface area contributed by atoms with Gasteiger partial charge in [-0.1, -0.05) is 31.5 Å². The first-order chi connectivity index (χ1) is 12.7. The highest BCUT2D eigenvalue weighted by molar-refractivity contribution is 6.30. The highest BCUT2D eigenvalue weighted by atomic mass is 35.5. The molecule has 0 heterocycles. The molecule has 2 rings (SSSR count). The molecule has 0 aliphatic carbocycles. The van der Waals surface area contributed by atoms with Crippen molar-refractivity contribution in [1.29, 1.82) is 0 Å². The largest absolute Gasteiger partial charge is 0.496 e. The van der Waals surface area contributed by atoms with Gasteiger partial charge in [0.15, 0.2) is 6.10 Å². The second kappa shape index (κ2) is 9.14. The lowest BCUT2D eigenvalue weighted by atomic mass is 9.93. The number of ether oxygens (including phenoxy) is 2. The van der Waals surface area contributed by atoms with Crippen molar-refractivity contribution in [3.63, 3.8) is 0 Å². The van der Waals surface area contributed by atoms with Crippen LogP contribution >= 0.6 is 11.6 Å². The quantitative estimate of drug-likeness (QED) is 0.687. The van der Waals surface area contributed by atoms with Gasteiger partial charge in [0.1, 0.15) is 11.5 Å². The van der Waals surface area contributed by atoms with E-state index in [0.29, 0.717) is 16.7 Å². The number of aryl methyl sites for hydroxylation is 1. The molecule has 27 heavy (non-hydrogen) atoms. The molecule has 5 heteroatoms. The van der Waals surface area contributed by atoms with Gasteiger partial charge in [-0.3, -0.25) is 4.79 Å². The van der Waals surface area contributed by atoms with Gasteiger partial charge in [0.05, 0.1) is 13.2 Å². The normalized spacial score (nSPS) is 13.2. The Bertz CT molecular complexity index is 804. The Morgan fingerprint density at radius 2 is 1.78 bits per heavy atom. The molecule has 2 aromatic rings. The van der Waals surface area contributed by atoms with Crippen molar-refractivity contribution in [2.24, 2.45) is 0 Å². The fraction of sp³-hybridized carbons (Fsp3) is 0.409. The molecule has 0 aliphatic rings. The zero-order valence-corrected chi connectivity index (χ0v) is 17.6. The van der Waals surface area contributed by atoms with Crippen LogP contribution in [0.3, 0.4) is 0 Å². The summed E-state index contributed by atoms with van der Waals surface area (Å²) >= 11 is 5.96. The summed E-state index contributed by atoms with van der Waals surface area (Å²) < 4.78 is 11.2. The van der Waals surface area contributed by atoms with Crippen molar-refractivity contribution >= 4 is 17.5 Å². The first-order valence-electron chi connectivity index (χ1n) is 9.14. The maximum absolute atomic E-state index is 12.6. The van der Waals surface area contributed by atoms with Gasteiger partial charge in [0, 0.05) is 5.02 Å². The molecule has 2 atom stereocenters. The first-order valence-corrected chi connectivity index (χ1v) is 9.51. The zero-order valence-electron chi connectivity index (χ0n) is 16.8. The molecule has 0 unspecified atom stereocenters.